The lowest BCUT2D eigenvalue weighted by Crippen LogP contribution is -2.34. The molecule has 22 heavy (non-hydrogen) atoms. The molecule has 2 amide bonds. The zero-order valence-electron chi connectivity index (χ0n) is 13.1. The van der Waals surface area contributed by atoms with Crippen molar-refractivity contribution in [2.75, 3.05) is 6.54 Å². The number of carbonyl (C=O) groups excluding carboxylic acids is 2. The zero-order valence-corrected chi connectivity index (χ0v) is 13.1. The van der Waals surface area contributed by atoms with Gasteiger partial charge in [-0.1, -0.05) is 0 Å². The molecule has 0 unspecified atom stereocenters. The Bertz CT molecular complexity index is 495. The lowest BCUT2D eigenvalue weighted by molar-refractivity contribution is -0.122. The van der Waals surface area contributed by atoms with Crippen LogP contribution in [0.5, 0.6) is 0 Å². The first-order valence-corrected chi connectivity index (χ1v) is 7.03. The van der Waals surface area contributed by atoms with Gasteiger partial charge in [-0.05, 0) is 44.0 Å². The van der Waals surface area contributed by atoms with Crippen molar-refractivity contribution < 1.29 is 14.3 Å². The summed E-state index contributed by atoms with van der Waals surface area (Å²) in [5.41, 5.74) is 1.52. The highest BCUT2D eigenvalue weighted by Crippen LogP contribution is 2.06. The molecule has 0 spiro atoms. The fraction of sp³-hybridized carbons (Fsp3) is 0.750. The number of aryl methyl sites for hydroxylation is 1. The van der Waals surface area contributed by atoms with Crippen LogP contribution < -0.4 is 16.6 Å². The summed E-state index contributed by atoms with van der Waals surface area (Å²) in [6.45, 7) is 5.91. The Balaban J connectivity index is 2.24. The Morgan fingerprint density at radius 2 is 2.05 bits per heavy atom. The quantitative estimate of drug-likeness (QED) is 0.267. The van der Waals surface area contributed by atoms with Crippen LogP contribution in [0.15, 0.2) is 0 Å². The summed E-state index contributed by atoms with van der Waals surface area (Å²) < 4.78 is 6.51. The number of alkyl carbamates (subject to hydrolysis) is 1. The van der Waals surface area contributed by atoms with Crippen LogP contribution in [-0.2, 0) is 22.5 Å². The highest BCUT2D eigenvalue weighted by atomic mass is 16.6. The minimum atomic E-state index is -0.504. The third kappa shape index (κ3) is 6.97. The number of ether oxygens (including phenoxy) is 1. The second-order valence-corrected chi connectivity index (χ2v) is 5.71. The molecule has 0 saturated heterocycles. The number of tetrazole rings is 1. The van der Waals surface area contributed by atoms with Gasteiger partial charge in [0, 0.05) is 13.0 Å². The van der Waals surface area contributed by atoms with Crippen molar-refractivity contribution in [2.45, 2.75) is 52.2 Å². The number of hydrogen-bond acceptors (Lipinski definition) is 7. The molecule has 10 heteroatoms. The van der Waals surface area contributed by atoms with Crippen molar-refractivity contribution in [3.63, 3.8) is 0 Å². The summed E-state index contributed by atoms with van der Waals surface area (Å²) in [4.78, 5) is 22.6. The van der Waals surface area contributed by atoms with Gasteiger partial charge in [-0.15, -0.1) is 5.10 Å². The molecule has 10 nitrogen and oxygen atoms in total. The first-order chi connectivity index (χ1) is 10.3. The van der Waals surface area contributed by atoms with E-state index in [0.29, 0.717) is 18.8 Å². The van der Waals surface area contributed by atoms with Gasteiger partial charge in [0.25, 0.3) is 5.91 Å². The van der Waals surface area contributed by atoms with Crippen molar-refractivity contribution >= 4 is 12.0 Å². The third-order valence-corrected chi connectivity index (χ3v) is 2.56. The van der Waals surface area contributed by atoms with Gasteiger partial charge in [-0.2, -0.15) is 0 Å². The number of hydrogen-bond donors (Lipinski definition) is 3. The summed E-state index contributed by atoms with van der Waals surface area (Å²) in [5.74, 6) is 5.24. The largest absolute Gasteiger partial charge is 0.444 e. The van der Waals surface area contributed by atoms with Crippen LogP contribution in [0.2, 0.25) is 0 Å². The molecule has 0 saturated carbocycles. The summed E-state index contributed by atoms with van der Waals surface area (Å²) in [7, 11) is 0. The standard InChI is InChI=1S/C12H23N7O3/c1-12(2,3)22-11(21)14-7-5-4-6-9-16-17-18-19(9)8-10(20)15-13/h4-8,13H2,1-3H3,(H,14,21)(H,15,20). The molecule has 0 aliphatic heterocycles. The number of carbonyl (C=O) groups is 2. The number of hydrazine groups is 1. The van der Waals surface area contributed by atoms with E-state index in [-0.39, 0.29) is 12.5 Å². The summed E-state index contributed by atoms with van der Waals surface area (Å²) >= 11 is 0. The first kappa shape index (κ1) is 17.8. The molecule has 1 rings (SSSR count). The zero-order chi connectivity index (χ0) is 16.6. The topological polar surface area (TPSA) is 137 Å². The Morgan fingerprint density at radius 3 is 2.68 bits per heavy atom. The highest BCUT2D eigenvalue weighted by molar-refractivity contribution is 5.74. The van der Waals surface area contributed by atoms with Crippen molar-refractivity contribution in [2.24, 2.45) is 5.84 Å². The minimum absolute atomic E-state index is 0.0189. The SMILES string of the molecule is CC(C)(C)OC(=O)NCCCCc1nnnn1CC(=O)NN. The summed E-state index contributed by atoms with van der Waals surface area (Å²) in [6, 6.07) is 0. The van der Waals surface area contributed by atoms with Gasteiger partial charge < -0.3 is 10.1 Å². The number of nitrogens with two attached hydrogens (primary N) is 1. The maximum Gasteiger partial charge on any atom is 0.407 e. The second-order valence-electron chi connectivity index (χ2n) is 5.71. The Hall–Kier alpha value is -2.23. The fourth-order valence-electron chi connectivity index (χ4n) is 1.62. The first-order valence-electron chi connectivity index (χ1n) is 7.03. The van der Waals surface area contributed by atoms with Gasteiger partial charge in [0.2, 0.25) is 0 Å². The van der Waals surface area contributed by atoms with E-state index in [1.807, 2.05) is 26.2 Å². The summed E-state index contributed by atoms with van der Waals surface area (Å²) in [6.07, 6.45) is 1.67. The molecule has 124 valence electrons. The Morgan fingerprint density at radius 1 is 1.32 bits per heavy atom. The van der Waals surface area contributed by atoms with Crippen LogP contribution in [-0.4, -0.2) is 44.4 Å². The Kier molecular flexibility index (Phi) is 6.70. The lowest BCUT2D eigenvalue weighted by atomic mass is 10.2. The number of amides is 2. The number of rotatable bonds is 7. The van der Waals surface area contributed by atoms with Crippen molar-refractivity contribution in [1.29, 1.82) is 0 Å². The normalized spacial score (nSPS) is 11.1. The molecule has 0 bridgehead atoms. The molecule has 1 heterocycles. The molecule has 0 atom stereocenters. The van der Waals surface area contributed by atoms with E-state index in [2.05, 4.69) is 20.8 Å². The number of aromatic nitrogens is 4. The molecule has 4 N–H and O–H groups in total. The average molecular weight is 313 g/mol. The van der Waals surface area contributed by atoms with Gasteiger partial charge in [0.15, 0.2) is 5.82 Å². The van der Waals surface area contributed by atoms with Crippen molar-refractivity contribution in [3.05, 3.63) is 5.82 Å². The molecule has 0 radical (unpaired) electrons. The van der Waals surface area contributed by atoms with Crippen LogP contribution in [0.3, 0.4) is 0 Å². The molecule has 0 aliphatic carbocycles. The minimum Gasteiger partial charge on any atom is -0.444 e. The fourth-order valence-corrected chi connectivity index (χ4v) is 1.62. The number of nitrogens with zero attached hydrogens (tertiary/aromatic N) is 4. The van der Waals surface area contributed by atoms with Crippen LogP contribution in [0.1, 0.15) is 39.4 Å². The predicted octanol–water partition coefficient (Wildman–Crippen LogP) is -0.490. The predicted molar refractivity (Wildman–Crippen MR) is 77.3 cm³/mol. The third-order valence-electron chi connectivity index (χ3n) is 2.56. The number of nitrogens with one attached hydrogen (secondary N) is 2. The second kappa shape index (κ2) is 8.27. The Labute approximate surface area is 128 Å². The molecule has 0 fully saturated rings. The molecule has 1 aromatic rings. The van der Waals surface area contributed by atoms with Crippen LogP contribution in [0, 0.1) is 0 Å². The smallest absolute Gasteiger partial charge is 0.407 e. The van der Waals surface area contributed by atoms with Crippen LogP contribution in [0.25, 0.3) is 0 Å². The van der Waals surface area contributed by atoms with E-state index in [1.54, 1.807) is 0 Å². The molecule has 0 aromatic carbocycles. The van der Waals surface area contributed by atoms with Gasteiger partial charge in [0.05, 0.1) is 0 Å². The maximum absolute atomic E-state index is 11.4. The lowest BCUT2D eigenvalue weighted by Gasteiger charge is -2.19. The van der Waals surface area contributed by atoms with E-state index < -0.39 is 11.7 Å². The molecule has 0 aliphatic rings. The van der Waals surface area contributed by atoms with Crippen LogP contribution in [0.4, 0.5) is 4.79 Å². The highest BCUT2D eigenvalue weighted by Gasteiger charge is 2.15. The van der Waals surface area contributed by atoms with Crippen LogP contribution >= 0.6 is 0 Å². The summed E-state index contributed by atoms with van der Waals surface area (Å²) in [5, 5.41) is 13.8. The molecule has 1 aromatic heterocycles. The maximum atomic E-state index is 11.4. The van der Waals surface area contributed by atoms with E-state index in [9.17, 15) is 9.59 Å². The van der Waals surface area contributed by atoms with Gasteiger partial charge in [0.1, 0.15) is 12.1 Å². The van der Waals surface area contributed by atoms with E-state index >= 15 is 0 Å². The number of unbranched alkanes of at least 4 members (excludes halogenated alkanes) is 1. The van der Waals surface area contributed by atoms with E-state index in [0.717, 1.165) is 12.8 Å². The van der Waals surface area contributed by atoms with Crippen molar-refractivity contribution in [1.82, 2.24) is 30.9 Å². The average Bonchev–Trinajstić information content (AvgIpc) is 2.83. The van der Waals surface area contributed by atoms with E-state index in [1.165, 1.54) is 4.68 Å². The van der Waals surface area contributed by atoms with Crippen molar-refractivity contribution in [3.8, 4) is 0 Å². The van der Waals surface area contributed by atoms with E-state index in [4.69, 9.17) is 10.6 Å². The van der Waals surface area contributed by atoms with Gasteiger partial charge in [-0.25, -0.2) is 15.3 Å². The molecular formula is C12H23N7O3. The monoisotopic (exact) mass is 313 g/mol. The molecular weight excluding hydrogens is 290 g/mol. The van der Waals surface area contributed by atoms with Gasteiger partial charge >= 0.3 is 6.09 Å². The van der Waals surface area contributed by atoms with Gasteiger partial charge in [-0.3, -0.25) is 10.2 Å².